The van der Waals surface area contributed by atoms with E-state index in [1.807, 2.05) is 62.4 Å². The van der Waals surface area contributed by atoms with E-state index in [1.165, 1.54) is 30.3 Å². The number of aryl methyl sites for hydroxylation is 2. The summed E-state index contributed by atoms with van der Waals surface area (Å²) in [5.74, 6) is -0.983. The summed E-state index contributed by atoms with van der Waals surface area (Å²) in [4.78, 5) is 12.9. The molecule has 0 amide bonds. The minimum absolute atomic E-state index is 0.0697. The highest BCUT2D eigenvalue weighted by Crippen LogP contribution is 2.28. The smallest absolute Gasteiger partial charge is 0.203 e. The Kier molecular flexibility index (Phi) is 12.8. The van der Waals surface area contributed by atoms with Crippen molar-refractivity contribution in [2.45, 2.75) is 46.1 Å². The number of hydrogen-bond acceptors (Lipinski definition) is 4. The molecular formula is C46H38Cl4F2N6O2. The predicted molar refractivity (Wildman–Crippen MR) is 234 cm³/mol. The molecule has 1 unspecified atom stereocenters. The number of nitrogens with one attached hydrogen (secondary N) is 2. The first-order valence-corrected chi connectivity index (χ1v) is 20.3. The molecule has 6 aromatic carbocycles. The second-order valence-electron chi connectivity index (χ2n) is 14.4. The molecule has 0 saturated heterocycles. The Morgan fingerprint density at radius 2 is 1.07 bits per heavy atom. The minimum Gasteiger partial charge on any atom is -0.387 e. The molecular weight excluding hydrogens is 848 g/mol. The summed E-state index contributed by atoms with van der Waals surface area (Å²) < 4.78 is 34.8. The second kappa shape index (κ2) is 18.0. The van der Waals surface area contributed by atoms with Gasteiger partial charge in [0.25, 0.3) is 0 Å². The Morgan fingerprint density at radius 1 is 0.583 bits per heavy atom. The zero-order chi connectivity index (χ0) is 42.8. The number of hydrogen-bond donors (Lipinski definition) is 3. The van der Waals surface area contributed by atoms with Crippen molar-refractivity contribution in [2.75, 3.05) is 0 Å². The van der Waals surface area contributed by atoms with Crippen LogP contribution in [0.5, 0.6) is 0 Å². The summed E-state index contributed by atoms with van der Waals surface area (Å²) in [7, 11) is 0. The summed E-state index contributed by atoms with van der Waals surface area (Å²) in [6.45, 7) is 4.89. The molecule has 0 spiro atoms. The van der Waals surface area contributed by atoms with Gasteiger partial charge in [-0.15, -0.1) is 0 Å². The number of aliphatic hydroxyl groups excluding tert-OH is 1. The van der Waals surface area contributed by atoms with Crippen molar-refractivity contribution in [1.29, 1.82) is 10.8 Å². The highest BCUT2D eigenvalue weighted by molar-refractivity contribution is 6.42. The summed E-state index contributed by atoms with van der Waals surface area (Å²) in [5, 5.41) is 29.7. The van der Waals surface area contributed by atoms with Crippen LogP contribution in [0.4, 0.5) is 8.78 Å². The zero-order valence-electron chi connectivity index (χ0n) is 32.4. The fourth-order valence-electron chi connectivity index (χ4n) is 7.11. The van der Waals surface area contributed by atoms with Crippen LogP contribution in [0.3, 0.4) is 0 Å². The van der Waals surface area contributed by atoms with E-state index in [4.69, 9.17) is 57.2 Å². The van der Waals surface area contributed by atoms with Gasteiger partial charge in [-0.3, -0.25) is 15.6 Å². The molecule has 14 heteroatoms. The lowest BCUT2D eigenvalue weighted by Crippen LogP contribution is -2.27. The van der Waals surface area contributed by atoms with Crippen molar-refractivity contribution < 1.29 is 18.7 Å². The first-order chi connectivity index (χ1) is 28.7. The van der Waals surface area contributed by atoms with Crippen molar-refractivity contribution in [1.82, 2.24) is 18.3 Å². The number of nitrogens with zero attached hydrogens (tertiary/aromatic N) is 4. The molecule has 0 fully saturated rings. The average Bonchev–Trinajstić information content (AvgIpc) is 3.62. The van der Waals surface area contributed by atoms with E-state index < -0.39 is 11.9 Å². The summed E-state index contributed by atoms with van der Waals surface area (Å²) >= 11 is 24.0. The Labute approximate surface area is 364 Å². The number of ketones is 1. The van der Waals surface area contributed by atoms with E-state index >= 15 is 0 Å². The molecule has 2 aromatic heterocycles. The van der Waals surface area contributed by atoms with Gasteiger partial charge in [-0.2, -0.15) is 0 Å². The minimum atomic E-state index is -0.906. The largest absolute Gasteiger partial charge is 0.387 e. The number of aliphatic hydroxyl groups is 1. The molecule has 8 aromatic rings. The first-order valence-electron chi connectivity index (χ1n) is 18.8. The molecule has 0 saturated carbocycles. The number of imidazole rings is 2. The maximum atomic E-state index is 14.0. The zero-order valence-corrected chi connectivity index (χ0v) is 35.4. The van der Waals surface area contributed by atoms with Crippen molar-refractivity contribution in [3.63, 3.8) is 0 Å². The van der Waals surface area contributed by atoms with Gasteiger partial charge < -0.3 is 23.4 Å². The number of halogens is 6. The van der Waals surface area contributed by atoms with E-state index in [9.17, 15) is 18.7 Å². The molecule has 2 heterocycles. The van der Waals surface area contributed by atoms with Crippen LogP contribution in [0.25, 0.3) is 22.1 Å². The third kappa shape index (κ3) is 8.99. The number of fused-ring (bicyclic) bond motifs is 2. The van der Waals surface area contributed by atoms with Gasteiger partial charge in [0, 0.05) is 5.56 Å². The summed E-state index contributed by atoms with van der Waals surface area (Å²) in [6.07, 6.45) is -0.906. The fourth-order valence-corrected chi connectivity index (χ4v) is 7.72. The number of carbonyl (C=O) groups excluding carboxylic acids is 1. The van der Waals surface area contributed by atoms with Crippen molar-refractivity contribution in [3.05, 3.63) is 198 Å². The highest BCUT2D eigenvalue weighted by Gasteiger charge is 2.19. The molecule has 0 aliphatic heterocycles. The lowest BCUT2D eigenvalue weighted by atomic mass is 10.1. The molecule has 0 bridgehead atoms. The van der Waals surface area contributed by atoms with Crippen LogP contribution in [-0.2, 0) is 26.2 Å². The van der Waals surface area contributed by atoms with E-state index in [0.717, 1.165) is 22.3 Å². The van der Waals surface area contributed by atoms with Crippen LogP contribution in [0.15, 0.2) is 121 Å². The molecule has 306 valence electrons. The first kappa shape index (κ1) is 42.6. The van der Waals surface area contributed by atoms with Crippen molar-refractivity contribution in [2.24, 2.45) is 0 Å². The summed E-state index contributed by atoms with van der Waals surface area (Å²) in [6, 6.07) is 34.1. The molecule has 0 radical (unpaired) electrons. The van der Waals surface area contributed by atoms with Crippen molar-refractivity contribution >= 4 is 74.3 Å². The van der Waals surface area contributed by atoms with E-state index in [2.05, 4.69) is 0 Å². The highest BCUT2D eigenvalue weighted by atomic mass is 35.5. The molecule has 60 heavy (non-hydrogen) atoms. The van der Waals surface area contributed by atoms with Gasteiger partial charge in [0.05, 0.1) is 74.4 Å². The van der Waals surface area contributed by atoms with Gasteiger partial charge in [-0.25, -0.2) is 8.78 Å². The van der Waals surface area contributed by atoms with E-state index in [1.54, 1.807) is 60.7 Å². The molecule has 1 atom stereocenters. The molecule has 3 N–H and O–H groups in total. The van der Waals surface area contributed by atoms with Crippen LogP contribution in [0.1, 0.15) is 44.3 Å². The van der Waals surface area contributed by atoms with Crippen molar-refractivity contribution in [3.8, 4) is 0 Å². The number of aromatic nitrogens is 4. The van der Waals surface area contributed by atoms with Gasteiger partial charge in [0.2, 0.25) is 11.2 Å². The van der Waals surface area contributed by atoms with E-state index in [0.29, 0.717) is 66.4 Å². The van der Waals surface area contributed by atoms with Gasteiger partial charge in [0.15, 0.2) is 5.78 Å². The predicted octanol–water partition coefficient (Wildman–Crippen LogP) is 11.1. The lowest BCUT2D eigenvalue weighted by Gasteiger charge is -2.13. The SMILES string of the molecule is Cc1ccccc1Cn1c(=N)n(CC(=O)c2ccc(Cl)c(Cl)c2)c2ccc(F)cc21.Cc1ccccc1Cn1c(=N)n(CC(O)c2ccc(Cl)c(Cl)c2)c2ccc(F)cc21. The third-order valence-electron chi connectivity index (χ3n) is 10.5. The van der Waals surface area contributed by atoms with Crippen LogP contribution in [0, 0.1) is 36.3 Å². The van der Waals surface area contributed by atoms with E-state index in [-0.39, 0.29) is 35.9 Å². The Bertz CT molecular complexity index is 3040. The van der Waals surface area contributed by atoms with Gasteiger partial charge in [0.1, 0.15) is 11.6 Å². The van der Waals surface area contributed by atoms with Crippen LogP contribution >= 0.6 is 46.4 Å². The van der Waals surface area contributed by atoms with Gasteiger partial charge in [-0.1, -0.05) is 101 Å². The maximum Gasteiger partial charge on any atom is 0.203 e. The number of carbonyl (C=O) groups is 1. The second-order valence-corrected chi connectivity index (χ2v) is 16.0. The van der Waals surface area contributed by atoms with Gasteiger partial charge >= 0.3 is 0 Å². The van der Waals surface area contributed by atoms with Crippen LogP contribution < -0.4 is 11.2 Å². The fraction of sp³-hybridized carbons (Fsp3) is 0.152. The summed E-state index contributed by atoms with van der Waals surface area (Å²) in [5.41, 5.74) is 7.99. The van der Waals surface area contributed by atoms with Crippen LogP contribution in [-0.4, -0.2) is 29.2 Å². The number of rotatable bonds is 10. The topological polar surface area (TPSA) is 105 Å². The number of Topliss-reactive ketones (excluding diaryl/α,β-unsaturated/α-hetero) is 1. The van der Waals surface area contributed by atoms with Gasteiger partial charge in [-0.05, 0) is 108 Å². The number of benzene rings is 6. The lowest BCUT2D eigenvalue weighted by molar-refractivity contribution is 0.0971. The Morgan fingerprint density at radius 3 is 1.58 bits per heavy atom. The normalized spacial score (nSPS) is 11.8. The standard InChI is InChI=1S/C23H20Cl2FN3O.C23H18Cl2FN3O/c2*1-14-4-2-3-5-16(14)12-28-21-11-17(26)7-9-20(21)29(23(28)27)13-22(30)15-6-8-18(24)19(25)10-15/h2-11,22,27,30H,12-13H2,1H3;2-11,27H,12-13H2,1H3. The molecule has 0 aliphatic carbocycles. The molecule has 8 rings (SSSR count). The maximum absolute atomic E-state index is 14.0. The third-order valence-corrected chi connectivity index (χ3v) is 11.9. The Hall–Kier alpha value is -5.49. The molecule has 8 nitrogen and oxygen atoms in total. The average molecular weight is 887 g/mol. The quantitative estimate of drug-likeness (QED) is 0.119. The monoisotopic (exact) mass is 884 g/mol. The van der Waals surface area contributed by atoms with Crippen LogP contribution in [0.2, 0.25) is 20.1 Å². The molecule has 0 aliphatic rings. The Balaban J connectivity index is 0.000000181.